The van der Waals surface area contributed by atoms with Crippen LogP contribution in [-0.4, -0.2) is 65.7 Å². The van der Waals surface area contributed by atoms with Crippen molar-refractivity contribution >= 4 is 41.1 Å². The van der Waals surface area contributed by atoms with E-state index in [1.54, 1.807) is 30.5 Å². The van der Waals surface area contributed by atoms with Crippen LogP contribution in [0.4, 0.5) is 13.2 Å². The minimum absolute atomic E-state index is 0.109. The first-order chi connectivity index (χ1) is 19.4. The summed E-state index contributed by atoms with van der Waals surface area (Å²) in [6, 6.07) is 10.5. The third-order valence-electron chi connectivity index (χ3n) is 6.47. The molecular weight excluding hydrogens is 557 g/mol. The van der Waals surface area contributed by atoms with E-state index >= 15 is 0 Å². The number of hydrogen-bond acceptors (Lipinski definition) is 8. The molecule has 0 aliphatic carbocycles. The van der Waals surface area contributed by atoms with Crippen molar-refractivity contribution in [3.05, 3.63) is 77.5 Å². The number of aromatic nitrogens is 1. The van der Waals surface area contributed by atoms with E-state index < -0.39 is 46.7 Å². The van der Waals surface area contributed by atoms with Gasteiger partial charge in [0.05, 0.1) is 28.8 Å². The lowest BCUT2D eigenvalue weighted by Crippen LogP contribution is -2.52. The van der Waals surface area contributed by atoms with E-state index in [4.69, 9.17) is 17.2 Å². The Morgan fingerprint density at radius 1 is 1.00 bits per heavy atom. The van der Waals surface area contributed by atoms with Gasteiger partial charge in [-0.25, -0.2) is 0 Å². The van der Waals surface area contributed by atoms with E-state index in [2.05, 4.69) is 22.9 Å². The molecule has 0 unspecified atom stereocenters. The lowest BCUT2D eigenvalue weighted by molar-refractivity contribution is -0.137. The van der Waals surface area contributed by atoms with Gasteiger partial charge in [-0.05, 0) is 41.5 Å². The van der Waals surface area contributed by atoms with Crippen LogP contribution < -0.4 is 22.5 Å². The number of carbonyl (C=O) groups excluding carboxylic acids is 3. The molecule has 3 atom stereocenters. The van der Waals surface area contributed by atoms with Crippen LogP contribution in [0, 0.1) is 0 Å². The van der Waals surface area contributed by atoms with Gasteiger partial charge in [0.25, 0.3) is 0 Å². The summed E-state index contributed by atoms with van der Waals surface area (Å²) in [6.07, 6.45) is -3.36. The molecule has 0 aliphatic heterocycles. The second-order valence-corrected chi connectivity index (χ2v) is 10.0. The predicted molar refractivity (Wildman–Crippen MR) is 153 cm³/mol. The maximum atomic E-state index is 13.5. The number of nitrogens with zero attached hydrogens (tertiary/aromatic N) is 2. The maximum absolute atomic E-state index is 13.5. The smallest absolute Gasteiger partial charge is 0.343 e. The van der Waals surface area contributed by atoms with E-state index in [1.165, 1.54) is 17.0 Å². The molecule has 0 aliphatic rings. The van der Waals surface area contributed by atoms with E-state index in [1.807, 2.05) is 6.07 Å². The molecule has 0 radical (unpaired) electrons. The molecular formula is C28H33F3N6O3S. The monoisotopic (exact) mass is 590 g/mol. The zero-order valence-corrected chi connectivity index (χ0v) is 23.1. The van der Waals surface area contributed by atoms with Gasteiger partial charge in [0.2, 0.25) is 11.8 Å². The molecule has 2 aromatic carbocycles. The Labute approximate surface area is 241 Å². The van der Waals surface area contributed by atoms with Gasteiger partial charge in [0.15, 0.2) is 5.78 Å². The van der Waals surface area contributed by atoms with Gasteiger partial charge in [-0.15, -0.1) is 0 Å². The van der Waals surface area contributed by atoms with Crippen LogP contribution in [0.1, 0.15) is 28.4 Å². The van der Waals surface area contributed by atoms with Crippen molar-refractivity contribution in [3.8, 4) is 0 Å². The molecule has 7 N–H and O–H groups in total. The zero-order chi connectivity index (χ0) is 30.2. The number of ketones is 1. The number of halogens is 3. The molecule has 13 heteroatoms. The summed E-state index contributed by atoms with van der Waals surface area (Å²) in [5.41, 5.74) is 17.9. The van der Waals surface area contributed by atoms with Gasteiger partial charge in [0, 0.05) is 44.2 Å². The molecule has 220 valence electrons. The molecule has 2 amide bonds. The normalized spacial score (nSPS) is 13.8. The summed E-state index contributed by atoms with van der Waals surface area (Å²) >= 11 is 4.52. The van der Waals surface area contributed by atoms with E-state index in [9.17, 15) is 27.6 Å². The fourth-order valence-corrected chi connectivity index (χ4v) is 4.70. The first-order valence-corrected chi connectivity index (χ1v) is 13.4. The van der Waals surface area contributed by atoms with Crippen LogP contribution in [-0.2, 0) is 27.0 Å². The number of thiol groups is 1. The SMILES string of the molecule is NCCN(CCN)C(=O)C[C@H](N)C(=O)N[C@H](C(=O)Cc1ccc2ncccc2c1)[C@@H](S)c1ccc(C(F)(F)F)cc1. The molecule has 9 nitrogen and oxygen atoms in total. The van der Waals surface area contributed by atoms with Crippen LogP contribution in [0.3, 0.4) is 0 Å². The maximum Gasteiger partial charge on any atom is 0.416 e. The molecule has 3 aromatic rings. The zero-order valence-electron chi connectivity index (χ0n) is 22.2. The van der Waals surface area contributed by atoms with Crippen LogP contribution in [0.2, 0.25) is 0 Å². The fourth-order valence-electron chi connectivity index (χ4n) is 4.29. The number of alkyl halides is 3. The van der Waals surface area contributed by atoms with Gasteiger partial charge >= 0.3 is 6.18 Å². The number of carbonyl (C=O) groups is 3. The molecule has 0 spiro atoms. The molecule has 41 heavy (non-hydrogen) atoms. The van der Waals surface area contributed by atoms with E-state index in [0.29, 0.717) is 5.56 Å². The van der Waals surface area contributed by atoms with Crippen LogP contribution in [0.25, 0.3) is 10.9 Å². The van der Waals surface area contributed by atoms with Gasteiger partial charge in [0.1, 0.15) is 6.04 Å². The number of amides is 2. The molecule has 0 bridgehead atoms. The van der Waals surface area contributed by atoms with E-state index in [-0.39, 0.29) is 44.6 Å². The highest BCUT2D eigenvalue weighted by Crippen LogP contribution is 2.32. The Hall–Kier alpha value is -3.52. The summed E-state index contributed by atoms with van der Waals surface area (Å²) in [4.78, 5) is 44.9. The highest BCUT2D eigenvalue weighted by atomic mass is 32.1. The van der Waals surface area contributed by atoms with Gasteiger partial charge in [-0.1, -0.05) is 24.3 Å². The largest absolute Gasteiger partial charge is 0.416 e. The van der Waals surface area contributed by atoms with Crippen LogP contribution in [0.5, 0.6) is 0 Å². The highest BCUT2D eigenvalue weighted by Gasteiger charge is 2.33. The third-order valence-corrected chi connectivity index (χ3v) is 7.06. The molecule has 0 fully saturated rings. The molecule has 1 heterocycles. The number of Topliss-reactive ketones (excluding diaryl/α,β-unsaturated/α-hetero) is 1. The number of hydrogen-bond donors (Lipinski definition) is 5. The Morgan fingerprint density at radius 3 is 2.27 bits per heavy atom. The van der Waals surface area contributed by atoms with Crippen LogP contribution in [0.15, 0.2) is 60.8 Å². The highest BCUT2D eigenvalue weighted by molar-refractivity contribution is 7.80. The van der Waals surface area contributed by atoms with Crippen molar-refractivity contribution in [3.63, 3.8) is 0 Å². The first-order valence-electron chi connectivity index (χ1n) is 12.9. The lowest BCUT2D eigenvalue weighted by Gasteiger charge is -2.27. The number of rotatable bonds is 13. The summed E-state index contributed by atoms with van der Waals surface area (Å²) in [5, 5.41) is 2.38. The fraction of sp³-hybridized carbons (Fsp3) is 0.357. The Morgan fingerprint density at radius 2 is 1.66 bits per heavy atom. The third kappa shape index (κ3) is 8.73. The second-order valence-electron chi connectivity index (χ2n) is 9.49. The minimum atomic E-state index is -4.54. The topological polar surface area (TPSA) is 157 Å². The summed E-state index contributed by atoms with van der Waals surface area (Å²) in [6.45, 7) is 0.866. The number of nitrogens with one attached hydrogen (secondary N) is 1. The number of fused-ring (bicyclic) bond motifs is 1. The average Bonchev–Trinajstić information content (AvgIpc) is 2.94. The first kappa shape index (κ1) is 32.0. The number of benzene rings is 2. The van der Waals surface area contributed by atoms with Crippen molar-refractivity contribution in [2.75, 3.05) is 26.2 Å². The molecule has 0 saturated heterocycles. The quantitative estimate of drug-likeness (QED) is 0.191. The van der Waals surface area contributed by atoms with Crippen molar-refractivity contribution in [1.82, 2.24) is 15.2 Å². The van der Waals surface area contributed by atoms with Gasteiger partial charge in [-0.2, -0.15) is 25.8 Å². The predicted octanol–water partition coefficient (Wildman–Crippen LogP) is 1.98. The lowest BCUT2D eigenvalue weighted by atomic mass is 9.95. The van der Waals surface area contributed by atoms with Crippen molar-refractivity contribution in [1.29, 1.82) is 0 Å². The Kier molecular flexibility index (Phi) is 11.2. The van der Waals surface area contributed by atoms with Crippen molar-refractivity contribution in [2.45, 2.75) is 36.4 Å². The Balaban J connectivity index is 1.83. The van der Waals surface area contributed by atoms with Gasteiger partial charge < -0.3 is 27.4 Å². The van der Waals surface area contributed by atoms with Gasteiger partial charge in [-0.3, -0.25) is 19.4 Å². The standard InChI is InChI=1S/C28H33F3N6O3S/c29-28(30,31)20-6-4-18(5-7-20)26(41)25(23(38)15-17-3-8-22-19(14-17)2-1-11-35-22)36-27(40)21(34)16-24(39)37(12-9-32)13-10-33/h1-8,11,14,21,25-26,41H,9-10,12-13,15-16,32-34H2,(H,36,40)/t21-,25+,26-/m0/s1. The summed E-state index contributed by atoms with van der Waals surface area (Å²) < 4.78 is 39.3. The molecule has 3 rings (SSSR count). The Bertz CT molecular complexity index is 1350. The van der Waals surface area contributed by atoms with Crippen molar-refractivity contribution < 1.29 is 27.6 Å². The summed E-state index contributed by atoms with van der Waals surface area (Å²) in [7, 11) is 0. The number of pyridine rings is 1. The van der Waals surface area contributed by atoms with Crippen LogP contribution >= 0.6 is 12.6 Å². The molecule has 0 saturated carbocycles. The second kappa shape index (κ2) is 14.4. The summed E-state index contributed by atoms with van der Waals surface area (Å²) in [5.74, 6) is -1.67. The average molecular weight is 591 g/mol. The minimum Gasteiger partial charge on any atom is -0.343 e. The molecule has 1 aromatic heterocycles. The van der Waals surface area contributed by atoms with E-state index in [0.717, 1.165) is 23.0 Å². The van der Waals surface area contributed by atoms with Crippen molar-refractivity contribution in [2.24, 2.45) is 17.2 Å². The number of nitrogens with two attached hydrogens (primary N) is 3.